The minimum atomic E-state index is 0.542. The highest BCUT2D eigenvalue weighted by molar-refractivity contribution is 4.79. The summed E-state index contributed by atoms with van der Waals surface area (Å²) in [5.74, 6) is 0. The third kappa shape index (κ3) is 9.28. The van der Waals surface area contributed by atoms with E-state index in [-0.39, 0.29) is 0 Å². The minimum absolute atomic E-state index is 0.542. The normalized spacial score (nSPS) is 10.2. The third-order valence-electron chi connectivity index (χ3n) is 1.49. The molecule has 1 heteroatoms. The Kier molecular flexibility index (Phi) is 4.67. The van der Waals surface area contributed by atoms with E-state index in [2.05, 4.69) is 32.1 Å². The Morgan fingerprint density at radius 2 is 1.45 bits per heavy atom. The molecule has 11 heavy (non-hydrogen) atoms. The zero-order valence-electron chi connectivity index (χ0n) is 7.92. The molecule has 1 heterocycles. The van der Waals surface area contributed by atoms with E-state index in [0.717, 1.165) is 0 Å². The molecule has 0 radical (unpaired) electrons. The number of furan rings is 1. The fourth-order valence-corrected chi connectivity index (χ4v) is 0.227. The highest BCUT2D eigenvalue weighted by Gasteiger charge is 2.03. The summed E-state index contributed by atoms with van der Waals surface area (Å²) >= 11 is 0. The van der Waals surface area contributed by atoms with Gasteiger partial charge < -0.3 is 4.42 Å². The van der Waals surface area contributed by atoms with Crippen molar-refractivity contribution >= 4 is 0 Å². The van der Waals surface area contributed by atoms with Crippen molar-refractivity contribution in [2.75, 3.05) is 0 Å². The Bertz CT molecular complexity index is 129. The van der Waals surface area contributed by atoms with Crippen molar-refractivity contribution in [1.29, 1.82) is 0 Å². The number of rotatable bonds is 0. The van der Waals surface area contributed by atoms with E-state index in [1.54, 1.807) is 12.5 Å². The van der Waals surface area contributed by atoms with Crippen LogP contribution >= 0.6 is 0 Å². The number of hydrogen-bond donors (Lipinski definition) is 0. The second kappa shape index (κ2) is 5.00. The van der Waals surface area contributed by atoms with Gasteiger partial charge in [-0.05, 0) is 17.5 Å². The number of hydrogen-bond acceptors (Lipinski definition) is 1. The molecule has 0 saturated carbocycles. The van der Waals surface area contributed by atoms with E-state index in [9.17, 15) is 0 Å². The van der Waals surface area contributed by atoms with Gasteiger partial charge >= 0.3 is 0 Å². The Morgan fingerprint density at radius 1 is 1.09 bits per heavy atom. The molecule has 0 N–H and O–H groups in total. The van der Waals surface area contributed by atoms with E-state index in [0.29, 0.717) is 5.41 Å². The van der Waals surface area contributed by atoms with Gasteiger partial charge in [0, 0.05) is 0 Å². The molecule has 0 aromatic carbocycles. The van der Waals surface area contributed by atoms with E-state index in [1.807, 2.05) is 12.1 Å². The summed E-state index contributed by atoms with van der Waals surface area (Å²) in [4.78, 5) is 0. The van der Waals surface area contributed by atoms with Crippen LogP contribution in [0.2, 0.25) is 0 Å². The molecule has 0 aliphatic heterocycles. The van der Waals surface area contributed by atoms with Crippen LogP contribution in [-0.2, 0) is 0 Å². The molecule has 0 unspecified atom stereocenters. The second-order valence-electron chi connectivity index (χ2n) is 3.71. The van der Waals surface area contributed by atoms with Crippen molar-refractivity contribution in [2.45, 2.75) is 34.1 Å². The first-order valence-electron chi connectivity index (χ1n) is 4.03. The first-order chi connectivity index (χ1) is 5.06. The highest BCUT2D eigenvalue weighted by Crippen LogP contribution is 2.16. The van der Waals surface area contributed by atoms with E-state index < -0.39 is 0 Å². The predicted molar refractivity (Wildman–Crippen MR) is 48.5 cm³/mol. The van der Waals surface area contributed by atoms with Gasteiger partial charge in [0.15, 0.2) is 0 Å². The van der Waals surface area contributed by atoms with Gasteiger partial charge in [0.2, 0.25) is 0 Å². The minimum Gasteiger partial charge on any atom is -0.473 e. The maximum Gasteiger partial charge on any atom is 0.0902 e. The van der Waals surface area contributed by atoms with Gasteiger partial charge in [-0.25, -0.2) is 0 Å². The van der Waals surface area contributed by atoms with Crippen molar-refractivity contribution in [3.8, 4) is 0 Å². The molecule has 0 aliphatic carbocycles. The molecule has 1 nitrogen and oxygen atoms in total. The molecule has 1 aromatic heterocycles. The van der Waals surface area contributed by atoms with Crippen LogP contribution < -0.4 is 0 Å². The molecule has 1 rings (SSSR count). The van der Waals surface area contributed by atoms with Crippen LogP contribution in [0.5, 0.6) is 0 Å². The van der Waals surface area contributed by atoms with Crippen LogP contribution in [0.4, 0.5) is 0 Å². The average molecular weight is 154 g/mol. The Labute approximate surface area is 69.4 Å². The highest BCUT2D eigenvalue weighted by atomic mass is 16.3. The summed E-state index contributed by atoms with van der Waals surface area (Å²) in [5.41, 5.74) is 0.542. The van der Waals surface area contributed by atoms with Crippen LogP contribution in [0.25, 0.3) is 0 Å². The van der Waals surface area contributed by atoms with Crippen LogP contribution in [0, 0.1) is 5.41 Å². The molecule has 0 bridgehead atoms. The van der Waals surface area contributed by atoms with Crippen molar-refractivity contribution in [3.63, 3.8) is 0 Å². The lowest BCUT2D eigenvalue weighted by atomic mass is 9.94. The smallest absolute Gasteiger partial charge is 0.0902 e. The lowest BCUT2D eigenvalue weighted by molar-refractivity contribution is 0.398. The molecule has 1 aromatic rings. The predicted octanol–water partition coefficient (Wildman–Crippen LogP) is 3.72. The van der Waals surface area contributed by atoms with Gasteiger partial charge in [0.25, 0.3) is 0 Å². The van der Waals surface area contributed by atoms with E-state index in [4.69, 9.17) is 0 Å². The molecule has 0 aliphatic rings. The van der Waals surface area contributed by atoms with Crippen molar-refractivity contribution in [3.05, 3.63) is 24.7 Å². The molecule has 0 fully saturated rings. The lowest BCUT2D eigenvalue weighted by Gasteiger charge is -2.12. The SMILES string of the molecule is CCC(C)(C)C.c1ccoc1. The van der Waals surface area contributed by atoms with E-state index in [1.165, 1.54) is 6.42 Å². The second-order valence-corrected chi connectivity index (χ2v) is 3.71. The van der Waals surface area contributed by atoms with Crippen molar-refractivity contribution in [1.82, 2.24) is 0 Å². The summed E-state index contributed by atoms with van der Waals surface area (Å²) < 4.78 is 4.58. The van der Waals surface area contributed by atoms with Crippen LogP contribution in [0.3, 0.4) is 0 Å². The van der Waals surface area contributed by atoms with Gasteiger partial charge in [0.05, 0.1) is 12.5 Å². The Hall–Kier alpha value is -0.720. The average Bonchev–Trinajstić information content (AvgIpc) is 2.41. The van der Waals surface area contributed by atoms with Crippen LogP contribution in [0.15, 0.2) is 29.1 Å². The van der Waals surface area contributed by atoms with Crippen molar-refractivity contribution < 1.29 is 4.42 Å². The Morgan fingerprint density at radius 3 is 1.55 bits per heavy atom. The molecule has 0 spiro atoms. The monoisotopic (exact) mass is 154 g/mol. The molecule has 0 atom stereocenters. The van der Waals surface area contributed by atoms with E-state index >= 15 is 0 Å². The van der Waals surface area contributed by atoms with Crippen LogP contribution in [0.1, 0.15) is 34.1 Å². The summed E-state index contributed by atoms with van der Waals surface area (Å²) in [6.07, 6.45) is 4.52. The summed E-state index contributed by atoms with van der Waals surface area (Å²) in [6.45, 7) is 8.94. The summed E-state index contributed by atoms with van der Waals surface area (Å²) in [5, 5.41) is 0. The zero-order valence-corrected chi connectivity index (χ0v) is 7.92. The standard InChI is InChI=1S/C6H14.C4H4O/c1-5-6(2,3)4;1-2-4-5-3-1/h5H2,1-4H3;1-4H. The third-order valence-corrected chi connectivity index (χ3v) is 1.49. The first kappa shape index (κ1) is 10.3. The van der Waals surface area contributed by atoms with Gasteiger partial charge in [-0.1, -0.05) is 34.1 Å². The zero-order chi connectivity index (χ0) is 8.74. The van der Waals surface area contributed by atoms with Gasteiger partial charge in [-0.15, -0.1) is 0 Å². The molecular formula is C10H18O. The molecule has 0 amide bonds. The maximum absolute atomic E-state index is 4.58. The van der Waals surface area contributed by atoms with Gasteiger partial charge in [0.1, 0.15) is 0 Å². The van der Waals surface area contributed by atoms with Gasteiger partial charge in [-0.3, -0.25) is 0 Å². The summed E-state index contributed by atoms with van der Waals surface area (Å²) in [6, 6.07) is 3.67. The maximum atomic E-state index is 4.58. The molecule has 64 valence electrons. The molecular weight excluding hydrogens is 136 g/mol. The first-order valence-corrected chi connectivity index (χ1v) is 4.03. The quantitative estimate of drug-likeness (QED) is 0.555. The summed E-state index contributed by atoms with van der Waals surface area (Å²) in [7, 11) is 0. The van der Waals surface area contributed by atoms with Crippen molar-refractivity contribution in [2.24, 2.45) is 5.41 Å². The fourth-order valence-electron chi connectivity index (χ4n) is 0.227. The van der Waals surface area contributed by atoms with Crippen LogP contribution in [-0.4, -0.2) is 0 Å². The topological polar surface area (TPSA) is 13.1 Å². The largest absolute Gasteiger partial charge is 0.473 e. The van der Waals surface area contributed by atoms with Gasteiger partial charge in [-0.2, -0.15) is 0 Å². The fraction of sp³-hybridized carbons (Fsp3) is 0.600. The lowest BCUT2D eigenvalue weighted by Crippen LogP contribution is -2.00. The molecule has 0 saturated heterocycles. The Balaban J connectivity index is 0.000000183.